The third-order valence-corrected chi connectivity index (χ3v) is 4.62. The van der Waals surface area contributed by atoms with Gasteiger partial charge in [-0.1, -0.05) is 43.8 Å². The zero-order valence-corrected chi connectivity index (χ0v) is 14.3. The van der Waals surface area contributed by atoms with E-state index in [0.29, 0.717) is 17.4 Å². The van der Waals surface area contributed by atoms with Gasteiger partial charge in [0.2, 0.25) is 5.43 Å². The lowest BCUT2D eigenvalue weighted by Crippen LogP contribution is -2.02. The fourth-order valence-electron chi connectivity index (χ4n) is 2.43. The minimum atomic E-state index is -0.439. The van der Waals surface area contributed by atoms with Gasteiger partial charge in [0.05, 0.1) is 11.4 Å². The van der Waals surface area contributed by atoms with Crippen LogP contribution in [0.5, 0.6) is 5.75 Å². The second kappa shape index (κ2) is 6.97. The molecule has 5 nitrogen and oxygen atoms in total. The van der Waals surface area contributed by atoms with Crippen LogP contribution in [0.4, 0.5) is 0 Å². The standard InChI is InChI=1S/C18H18N2O3S/c1-12(2)14-5-3-4-6-15(14)20-8-7-19-18(20)24-11-13-9-16(21)17(22)10-23-13/h3-10,12,22H,11H2,1-2H3. The van der Waals surface area contributed by atoms with Gasteiger partial charge in [-0.05, 0) is 17.5 Å². The molecule has 1 aromatic carbocycles. The van der Waals surface area contributed by atoms with Crippen LogP contribution >= 0.6 is 11.8 Å². The number of nitrogens with zero attached hydrogens (tertiary/aromatic N) is 2. The summed E-state index contributed by atoms with van der Waals surface area (Å²) in [6, 6.07) is 9.54. The van der Waals surface area contributed by atoms with Gasteiger partial charge in [-0.2, -0.15) is 0 Å². The molecule has 0 fully saturated rings. The van der Waals surface area contributed by atoms with E-state index >= 15 is 0 Å². The lowest BCUT2D eigenvalue weighted by Gasteiger charge is -2.15. The predicted molar refractivity (Wildman–Crippen MR) is 93.9 cm³/mol. The Morgan fingerprint density at radius 3 is 2.88 bits per heavy atom. The molecule has 0 amide bonds. The van der Waals surface area contributed by atoms with E-state index in [0.717, 1.165) is 17.1 Å². The number of aromatic hydroxyl groups is 1. The lowest BCUT2D eigenvalue weighted by molar-refractivity contribution is 0.419. The molecule has 0 atom stereocenters. The topological polar surface area (TPSA) is 68.3 Å². The molecule has 0 saturated carbocycles. The summed E-state index contributed by atoms with van der Waals surface area (Å²) < 4.78 is 7.28. The van der Waals surface area contributed by atoms with Gasteiger partial charge in [-0.3, -0.25) is 9.36 Å². The van der Waals surface area contributed by atoms with E-state index in [1.54, 1.807) is 6.20 Å². The molecule has 3 aromatic rings. The van der Waals surface area contributed by atoms with Crippen molar-refractivity contribution in [1.29, 1.82) is 0 Å². The lowest BCUT2D eigenvalue weighted by atomic mass is 10.0. The summed E-state index contributed by atoms with van der Waals surface area (Å²) in [5.74, 6) is 0.971. The van der Waals surface area contributed by atoms with Crippen LogP contribution in [0, 0.1) is 0 Å². The van der Waals surface area contributed by atoms with E-state index in [1.165, 1.54) is 23.4 Å². The maximum atomic E-state index is 11.5. The van der Waals surface area contributed by atoms with Crippen LogP contribution in [0.3, 0.4) is 0 Å². The second-order valence-electron chi connectivity index (χ2n) is 5.68. The van der Waals surface area contributed by atoms with Crippen molar-refractivity contribution in [2.24, 2.45) is 0 Å². The maximum Gasteiger partial charge on any atom is 0.226 e. The first-order valence-electron chi connectivity index (χ1n) is 7.62. The molecule has 124 valence electrons. The van der Waals surface area contributed by atoms with Crippen molar-refractivity contribution in [3.63, 3.8) is 0 Å². The molecule has 6 heteroatoms. The van der Waals surface area contributed by atoms with E-state index in [1.807, 2.05) is 22.9 Å². The van der Waals surface area contributed by atoms with Crippen LogP contribution < -0.4 is 5.43 Å². The summed E-state index contributed by atoms with van der Waals surface area (Å²) in [6.45, 7) is 4.32. The highest BCUT2D eigenvalue weighted by Crippen LogP contribution is 2.28. The zero-order valence-electron chi connectivity index (χ0n) is 13.5. The van der Waals surface area contributed by atoms with Gasteiger partial charge in [0.25, 0.3) is 0 Å². The minimum absolute atomic E-state index is 0.379. The van der Waals surface area contributed by atoms with Crippen molar-refractivity contribution in [1.82, 2.24) is 9.55 Å². The molecule has 2 aromatic heterocycles. The molecule has 0 spiro atoms. The number of hydrogen-bond acceptors (Lipinski definition) is 5. The van der Waals surface area contributed by atoms with Crippen LogP contribution in [0.1, 0.15) is 31.1 Å². The number of hydrogen-bond donors (Lipinski definition) is 1. The smallest absolute Gasteiger partial charge is 0.226 e. The van der Waals surface area contributed by atoms with Crippen molar-refractivity contribution < 1.29 is 9.52 Å². The van der Waals surface area contributed by atoms with Crippen molar-refractivity contribution >= 4 is 11.8 Å². The van der Waals surface area contributed by atoms with Gasteiger partial charge < -0.3 is 9.52 Å². The Kier molecular flexibility index (Phi) is 4.76. The molecule has 1 N–H and O–H groups in total. The number of aromatic nitrogens is 2. The quantitative estimate of drug-likeness (QED) is 0.711. The number of imidazole rings is 1. The Bertz CT molecular complexity index is 899. The third-order valence-electron chi connectivity index (χ3n) is 3.64. The Balaban J connectivity index is 1.86. The first kappa shape index (κ1) is 16.4. The van der Waals surface area contributed by atoms with Crippen LogP contribution in [0.15, 0.2) is 63.4 Å². The minimum Gasteiger partial charge on any atom is -0.502 e. The predicted octanol–water partition coefficient (Wildman–Crippen LogP) is 3.95. The van der Waals surface area contributed by atoms with Crippen LogP contribution in [-0.2, 0) is 5.75 Å². The Labute approximate surface area is 144 Å². The van der Waals surface area contributed by atoms with E-state index < -0.39 is 5.43 Å². The molecule has 3 rings (SSSR count). The fourth-order valence-corrected chi connectivity index (χ4v) is 3.29. The van der Waals surface area contributed by atoms with Crippen LogP contribution in [-0.4, -0.2) is 14.7 Å². The van der Waals surface area contributed by atoms with Gasteiger partial charge in [0.1, 0.15) is 12.0 Å². The molecule has 2 heterocycles. The molecule has 0 radical (unpaired) electrons. The molecule has 0 unspecified atom stereocenters. The Morgan fingerprint density at radius 2 is 2.12 bits per heavy atom. The van der Waals surface area contributed by atoms with Gasteiger partial charge >= 0.3 is 0 Å². The highest BCUT2D eigenvalue weighted by Gasteiger charge is 2.12. The normalized spacial score (nSPS) is 11.1. The summed E-state index contributed by atoms with van der Waals surface area (Å²) in [7, 11) is 0. The van der Waals surface area contributed by atoms with Gasteiger partial charge in [-0.15, -0.1) is 0 Å². The van der Waals surface area contributed by atoms with Crippen LogP contribution in [0.25, 0.3) is 5.69 Å². The Morgan fingerprint density at radius 1 is 1.33 bits per heavy atom. The van der Waals surface area contributed by atoms with Gasteiger partial charge in [-0.25, -0.2) is 4.98 Å². The molecular weight excluding hydrogens is 324 g/mol. The highest BCUT2D eigenvalue weighted by atomic mass is 32.2. The fraction of sp³-hybridized carbons (Fsp3) is 0.222. The summed E-state index contributed by atoms with van der Waals surface area (Å²) in [4.78, 5) is 15.9. The molecule has 0 saturated heterocycles. The van der Waals surface area contributed by atoms with E-state index in [-0.39, 0.29) is 5.75 Å². The van der Waals surface area contributed by atoms with Gasteiger partial charge in [0.15, 0.2) is 10.9 Å². The Hall–Kier alpha value is -2.47. The van der Waals surface area contributed by atoms with E-state index in [4.69, 9.17) is 4.42 Å². The molecular formula is C18H18N2O3S. The molecule has 24 heavy (non-hydrogen) atoms. The average molecular weight is 342 g/mol. The number of para-hydroxylation sites is 1. The first-order valence-corrected chi connectivity index (χ1v) is 8.61. The van der Waals surface area contributed by atoms with E-state index in [2.05, 4.69) is 31.0 Å². The summed E-state index contributed by atoms with van der Waals surface area (Å²) in [5.41, 5.74) is 1.90. The number of rotatable bonds is 5. The van der Waals surface area contributed by atoms with Crippen molar-refractivity contribution in [2.45, 2.75) is 30.7 Å². The summed E-state index contributed by atoms with van der Waals surface area (Å²) in [5, 5.41) is 10.1. The van der Waals surface area contributed by atoms with E-state index in [9.17, 15) is 9.90 Å². The van der Waals surface area contributed by atoms with Crippen molar-refractivity contribution in [2.75, 3.05) is 0 Å². The zero-order chi connectivity index (χ0) is 17.1. The second-order valence-corrected chi connectivity index (χ2v) is 6.62. The van der Waals surface area contributed by atoms with Crippen LogP contribution in [0.2, 0.25) is 0 Å². The van der Waals surface area contributed by atoms with Gasteiger partial charge in [0, 0.05) is 18.5 Å². The number of benzene rings is 1. The third kappa shape index (κ3) is 3.38. The van der Waals surface area contributed by atoms with Crippen molar-refractivity contribution in [3.05, 3.63) is 70.5 Å². The highest BCUT2D eigenvalue weighted by molar-refractivity contribution is 7.98. The molecule has 0 aliphatic carbocycles. The summed E-state index contributed by atoms with van der Waals surface area (Å²) >= 11 is 1.47. The SMILES string of the molecule is CC(C)c1ccccc1-n1ccnc1SCc1cc(=O)c(O)co1. The molecule has 0 bridgehead atoms. The largest absolute Gasteiger partial charge is 0.502 e. The first-order chi connectivity index (χ1) is 11.6. The summed E-state index contributed by atoms with van der Waals surface area (Å²) in [6.07, 6.45) is 4.75. The molecule has 0 aliphatic heterocycles. The monoisotopic (exact) mass is 342 g/mol. The average Bonchev–Trinajstić information content (AvgIpc) is 3.04. The maximum absolute atomic E-state index is 11.5. The van der Waals surface area contributed by atoms with Crippen molar-refractivity contribution in [3.8, 4) is 11.4 Å². The molecule has 0 aliphatic rings. The number of thioether (sulfide) groups is 1.